The van der Waals surface area contributed by atoms with E-state index < -0.39 is 0 Å². The Morgan fingerprint density at radius 3 is 2.71 bits per heavy atom. The summed E-state index contributed by atoms with van der Waals surface area (Å²) in [6.07, 6.45) is 5.41. The minimum atomic E-state index is 0.751. The summed E-state index contributed by atoms with van der Waals surface area (Å²) in [4.78, 5) is 5.31. The quantitative estimate of drug-likeness (QED) is 0.758. The number of nitrogens with zero attached hydrogens (tertiary/aromatic N) is 2. The highest BCUT2D eigenvalue weighted by molar-refractivity contribution is 4.84. The zero-order valence-corrected chi connectivity index (χ0v) is 11.6. The summed E-state index contributed by atoms with van der Waals surface area (Å²) < 4.78 is 0. The zero-order chi connectivity index (χ0) is 12.1. The molecular formula is C14H29N3. The van der Waals surface area contributed by atoms with Gasteiger partial charge in [0, 0.05) is 25.2 Å². The molecule has 3 heteroatoms. The third kappa shape index (κ3) is 3.94. The van der Waals surface area contributed by atoms with Gasteiger partial charge in [-0.2, -0.15) is 0 Å². The Morgan fingerprint density at radius 2 is 2.00 bits per heavy atom. The second kappa shape index (κ2) is 6.72. The maximum atomic E-state index is 3.65. The Morgan fingerprint density at radius 1 is 1.24 bits per heavy atom. The minimum Gasteiger partial charge on any atom is -0.313 e. The van der Waals surface area contributed by atoms with E-state index >= 15 is 0 Å². The van der Waals surface area contributed by atoms with Gasteiger partial charge in [0.25, 0.3) is 0 Å². The molecule has 0 saturated carbocycles. The molecule has 0 radical (unpaired) electrons. The molecule has 2 atom stereocenters. The predicted molar refractivity (Wildman–Crippen MR) is 73.4 cm³/mol. The maximum absolute atomic E-state index is 3.65. The summed E-state index contributed by atoms with van der Waals surface area (Å²) in [5, 5.41) is 3.65. The van der Waals surface area contributed by atoms with Gasteiger partial charge in [-0.05, 0) is 58.8 Å². The first-order valence-electron chi connectivity index (χ1n) is 7.49. The summed E-state index contributed by atoms with van der Waals surface area (Å²) >= 11 is 0. The highest BCUT2D eigenvalue weighted by Gasteiger charge is 2.25. The lowest BCUT2D eigenvalue weighted by molar-refractivity contribution is 0.190. The van der Waals surface area contributed by atoms with Crippen LogP contribution in [-0.4, -0.2) is 61.2 Å². The van der Waals surface area contributed by atoms with Crippen molar-refractivity contribution in [3.05, 3.63) is 0 Å². The highest BCUT2D eigenvalue weighted by atomic mass is 15.2. The van der Waals surface area contributed by atoms with Crippen LogP contribution in [0.4, 0.5) is 0 Å². The number of likely N-dealkylation sites (tertiary alicyclic amines) is 2. The molecule has 0 amide bonds. The van der Waals surface area contributed by atoms with Crippen LogP contribution in [0.2, 0.25) is 0 Å². The van der Waals surface area contributed by atoms with Crippen molar-refractivity contribution in [1.29, 1.82) is 0 Å². The standard InChI is InChI=1S/C14H29N3/c1-3-7-15-14-6-10-16(12-14)11-13(2)17-8-4-5-9-17/h13-15H,3-12H2,1-2H3. The topological polar surface area (TPSA) is 18.5 Å². The zero-order valence-electron chi connectivity index (χ0n) is 11.6. The van der Waals surface area contributed by atoms with Gasteiger partial charge in [0.15, 0.2) is 0 Å². The molecule has 0 aromatic rings. The van der Waals surface area contributed by atoms with Crippen molar-refractivity contribution < 1.29 is 0 Å². The van der Waals surface area contributed by atoms with E-state index in [4.69, 9.17) is 0 Å². The lowest BCUT2D eigenvalue weighted by Gasteiger charge is -2.28. The first kappa shape index (κ1) is 13.3. The summed E-state index contributed by atoms with van der Waals surface area (Å²) in [5.74, 6) is 0. The van der Waals surface area contributed by atoms with Gasteiger partial charge in [0.2, 0.25) is 0 Å². The van der Waals surface area contributed by atoms with Gasteiger partial charge in [-0.15, -0.1) is 0 Å². The third-order valence-electron chi connectivity index (χ3n) is 4.24. The van der Waals surface area contributed by atoms with Gasteiger partial charge in [0.05, 0.1) is 0 Å². The van der Waals surface area contributed by atoms with Gasteiger partial charge in [-0.3, -0.25) is 4.90 Å². The molecule has 1 N–H and O–H groups in total. The van der Waals surface area contributed by atoms with E-state index in [2.05, 4.69) is 29.0 Å². The smallest absolute Gasteiger partial charge is 0.0207 e. The Balaban J connectivity index is 1.66. The van der Waals surface area contributed by atoms with E-state index in [0.717, 1.165) is 12.1 Å². The van der Waals surface area contributed by atoms with Crippen LogP contribution in [0.15, 0.2) is 0 Å². The van der Waals surface area contributed by atoms with Crippen LogP contribution in [0.25, 0.3) is 0 Å². The van der Waals surface area contributed by atoms with E-state index in [1.807, 2.05) is 0 Å². The molecule has 0 aromatic heterocycles. The predicted octanol–water partition coefficient (Wildman–Crippen LogP) is 1.54. The van der Waals surface area contributed by atoms with Crippen LogP contribution in [0.5, 0.6) is 0 Å². The van der Waals surface area contributed by atoms with Gasteiger partial charge < -0.3 is 10.2 Å². The lowest BCUT2D eigenvalue weighted by Crippen LogP contribution is -2.41. The Bertz CT molecular complexity index is 214. The molecule has 2 fully saturated rings. The molecule has 2 aliphatic rings. The highest BCUT2D eigenvalue weighted by Crippen LogP contribution is 2.15. The van der Waals surface area contributed by atoms with Crippen molar-refractivity contribution in [3.8, 4) is 0 Å². The SMILES string of the molecule is CCCNC1CCN(CC(C)N2CCCC2)C1. The minimum absolute atomic E-state index is 0.751. The number of hydrogen-bond acceptors (Lipinski definition) is 3. The number of hydrogen-bond donors (Lipinski definition) is 1. The Kier molecular flexibility index (Phi) is 5.26. The largest absolute Gasteiger partial charge is 0.313 e. The van der Waals surface area contributed by atoms with Crippen LogP contribution in [0.3, 0.4) is 0 Å². The van der Waals surface area contributed by atoms with Crippen molar-refractivity contribution in [1.82, 2.24) is 15.1 Å². The molecule has 0 bridgehead atoms. The molecule has 2 heterocycles. The molecule has 2 unspecified atom stereocenters. The second-order valence-electron chi connectivity index (χ2n) is 5.79. The fraction of sp³-hybridized carbons (Fsp3) is 1.00. The second-order valence-corrected chi connectivity index (χ2v) is 5.79. The Hall–Kier alpha value is -0.120. The van der Waals surface area contributed by atoms with Gasteiger partial charge in [-0.25, -0.2) is 0 Å². The fourth-order valence-electron chi connectivity index (χ4n) is 3.19. The maximum Gasteiger partial charge on any atom is 0.0207 e. The van der Waals surface area contributed by atoms with Crippen LogP contribution >= 0.6 is 0 Å². The van der Waals surface area contributed by atoms with E-state index in [1.54, 1.807) is 0 Å². The summed E-state index contributed by atoms with van der Waals surface area (Å²) in [7, 11) is 0. The summed E-state index contributed by atoms with van der Waals surface area (Å²) in [6.45, 7) is 12.3. The molecule has 2 rings (SSSR count). The van der Waals surface area contributed by atoms with Crippen LogP contribution in [-0.2, 0) is 0 Å². The van der Waals surface area contributed by atoms with Crippen molar-refractivity contribution >= 4 is 0 Å². The van der Waals surface area contributed by atoms with Crippen LogP contribution < -0.4 is 5.32 Å². The van der Waals surface area contributed by atoms with E-state index in [9.17, 15) is 0 Å². The summed E-state index contributed by atoms with van der Waals surface area (Å²) in [5.41, 5.74) is 0. The van der Waals surface area contributed by atoms with E-state index in [1.165, 1.54) is 65.0 Å². The van der Waals surface area contributed by atoms with Crippen LogP contribution in [0.1, 0.15) is 39.5 Å². The van der Waals surface area contributed by atoms with E-state index in [-0.39, 0.29) is 0 Å². The van der Waals surface area contributed by atoms with Crippen molar-refractivity contribution in [2.45, 2.75) is 51.6 Å². The van der Waals surface area contributed by atoms with Gasteiger partial charge in [0.1, 0.15) is 0 Å². The monoisotopic (exact) mass is 239 g/mol. The first-order valence-corrected chi connectivity index (χ1v) is 7.49. The van der Waals surface area contributed by atoms with Crippen molar-refractivity contribution in [3.63, 3.8) is 0 Å². The molecule has 2 aliphatic heterocycles. The van der Waals surface area contributed by atoms with Gasteiger partial charge >= 0.3 is 0 Å². The fourth-order valence-corrected chi connectivity index (χ4v) is 3.19. The molecule has 3 nitrogen and oxygen atoms in total. The molecule has 0 aliphatic carbocycles. The van der Waals surface area contributed by atoms with Crippen molar-refractivity contribution in [2.24, 2.45) is 0 Å². The average Bonchev–Trinajstić information content (AvgIpc) is 2.97. The van der Waals surface area contributed by atoms with E-state index in [0.29, 0.717) is 0 Å². The number of rotatable bonds is 6. The van der Waals surface area contributed by atoms with Gasteiger partial charge in [-0.1, -0.05) is 6.92 Å². The molecule has 0 aromatic carbocycles. The Labute approximate surface area is 107 Å². The summed E-state index contributed by atoms with van der Waals surface area (Å²) in [6, 6.07) is 1.50. The molecule has 100 valence electrons. The van der Waals surface area contributed by atoms with Crippen molar-refractivity contribution in [2.75, 3.05) is 39.3 Å². The molecule has 2 saturated heterocycles. The molecule has 17 heavy (non-hydrogen) atoms. The molecule has 0 spiro atoms. The number of nitrogens with one attached hydrogen (secondary N) is 1. The van der Waals surface area contributed by atoms with Crippen LogP contribution in [0, 0.1) is 0 Å². The normalized spacial score (nSPS) is 28.9. The third-order valence-corrected chi connectivity index (χ3v) is 4.24. The molecular weight excluding hydrogens is 210 g/mol. The lowest BCUT2D eigenvalue weighted by atomic mass is 10.2. The average molecular weight is 239 g/mol. The first-order chi connectivity index (χ1) is 8.29.